The molecule has 2 rings (SSSR count). The van der Waals surface area contributed by atoms with Crippen molar-refractivity contribution >= 4 is 17.7 Å². The third kappa shape index (κ3) is 5.31. The van der Waals surface area contributed by atoms with Crippen molar-refractivity contribution in [2.75, 3.05) is 6.61 Å². The minimum atomic E-state index is -0.648. The molecule has 1 aromatic rings. The third-order valence-corrected chi connectivity index (χ3v) is 3.47. The first-order chi connectivity index (χ1) is 11.5. The second kappa shape index (κ2) is 8.40. The fraction of sp³-hybridized carbons (Fsp3) is 0.389. The lowest BCUT2D eigenvalue weighted by Crippen LogP contribution is -2.41. The predicted octanol–water partition coefficient (Wildman–Crippen LogP) is 2.08. The Labute approximate surface area is 140 Å². The van der Waals surface area contributed by atoms with Gasteiger partial charge in [-0.1, -0.05) is 36.4 Å². The summed E-state index contributed by atoms with van der Waals surface area (Å²) in [5, 5.41) is 0. The van der Waals surface area contributed by atoms with Crippen molar-refractivity contribution in [3.8, 4) is 0 Å². The van der Waals surface area contributed by atoms with Gasteiger partial charge in [-0.05, 0) is 6.08 Å². The zero-order valence-electron chi connectivity index (χ0n) is 13.6. The lowest BCUT2D eigenvalue weighted by molar-refractivity contribution is -0.163. The molecule has 1 aliphatic rings. The van der Waals surface area contributed by atoms with E-state index in [0.717, 1.165) is 0 Å². The molecule has 24 heavy (non-hydrogen) atoms. The lowest BCUT2D eigenvalue weighted by atomic mass is 10.0. The summed E-state index contributed by atoms with van der Waals surface area (Å²) in [4.78, 5) is 34.4. The van der Waals surface area contributed by atoms with Gasteiger partial charge in [0.05, 0.1) is 6.10 Å². The Balaban J connectivity index is 2.02. The van der Waals surface area contributed by atoms with E-state index in [1.54, 1.807) is 36.4 Å². The normalized spacial score (nSPS) is 22.7. The molecule has 1 heterocycles. The van der Waals surface area contributed by atoms with E-state index in [-0.39, 0.29) is 18.8 Å². The minimum absolute atomic E-state index is 0.0480. The summed E-state index contributed by atoms with van der Waals surface area (Å²) < 4.78 is 15.9. The van der Waals surface area contributed by atoms with Gasteiger partial charge in [-0.2, -0.15) is 0 Å². The number of carbonyl (C=O) groups excluding carboxylic acids is 3. The van der Waals surface area contributed by atoms with Crippen molar-refractivity contribution in [3.05, 3.63) is 48.0 Å². The van der Waals surface area contributed by atoms with E-state index in [4.69, 9.17) is 14.2 Å². The smallest absolute Gasteiger partial charge is 0.303 e. The van der Waals surface area contributed by atoms with Crippen molar-refractivity contribution in [2.45, 2.75) is 38.6 Å². The number of Topliss-reactive ketones (excluding diaryl/α,β-unsaturated/α-hetero) is 1. The highest BCUT2D eigenvalue weighted by Crippen LogP contribution is 2.20. The predicted molar refractivity (Wildman–Crippen MR) is 85.4 cm³/mol. The van der Waals surface area contributed by atoms with Crippen LogP contribution in [0.5, 0.6) is 0 Å². The standard InChI is InChI=1S/C18H20O6/c1-12(19)22-11-18-17(23-13(2)20)9-8-15(24-18)10-16(21)14-6-4-3-5-7-14/h3-9,15,17-18H,10-11H2,1-2H3/t15-,17-,18-/m1/s1. The molecule has 1 aromatic carbocycles. The average molecular weight is 332 g/mol. The van der Waals surface area contributed by atoms with E-state index in [9.17, 15) is 14.4 Å². The molecule has 0 saturated heterocycles. The SMILES string of the molecule is CC(=O)OC[C@H]1O[C@@H](CC(=O)c2ccccc2)C=C[C@H]1OC(C)=O. The molecule has 0 N–H and O–H groups in total. The summed E-state index contributed by atoms with van der Waals surface area (Å²) in [7, 11) is 0. The van der Waals surface area contributed by atoms with Gasteiger partial charge in [-0.3, -0.25) is 14.4 Å². The van der Waals surface area contributed by atoms with Crippen LogP contribution in [0, 0.1) is 0 Å². The fourth-order valence-electron chi connectivity index (χ4n) is 2.39. The largest absolute Gasteiger partial charge is 0.463 e. The number of ketones is 1. The Hall–Kier alpha value is -2.47. The summed E-state index contributed by atoms with van der Waals surface area (Å²) in [6, 6.07) is 8.92. The quantitative estimate of drug-likeness (QED) is 0.451. The molecule has 0 radical (unpaired) electrons. The summed E-state index contributed by atoms with van der Waals surface area (Å²) in [5.74, 6) is -0.964. The number of ether oxygens (including phenoxy) is 3. The van der Waals surface area contributed by atoms with Gasteiger partial charge >= 0.3 is 11.9 Å². The first-order valence-corrected chi connectivity index (χ1v) is 7.68. The molecule has 6 heteroatoms. The van der Waals surface area contributed by atoms with Crippen LogP contribution in [0.4, 0.5) is 0 Å². The van der Waals surface area contributed by atoms with E-state index >= 15 is 0 Å². The van der Waals surface area contributed by atoms with Crippen molar-refractivity contribution in [1.82, 2.24) is 0 Å². The molecule has 128 valence electrons. The summed E-state index contributed by atoms with van der Waals surface area (Å²) in [6.07, 6.45) is 1.76. The van der Waals surface area contributed by atoms with Crippen LogP contribution in [0.25, 0.3) is 0 Å². The van der Waals surface area contributed by atoms with Crippen LogP contribution in [0.1, 0.15) is 30.6 Å². The Kier molecular flexibility index (Phi) is 6.26. The molecule has 6 nitrogen and oxygen atoms in total. The molecule has 0 aromatic heterocycles. The van der Waals surface area contributed by atoms with Crippen molar-refractivity contribution in [2.24, 2.45) is 0 Å². The zero-order valence-corrected chi connectivity index (χ0v) is 13.6. The molecule has 0 aliphatic carbocycles. The molecule has 1 aliphatic heterocycles. The van der Waals surface area contributed by atoms with Crippen molar-refractivity contribution in [1.29, 1.82) is 0 Å². The van der Waals surface area contributed by atoms with E-state index in [1.165, 1.54) is 13.8 Å². The molecule has 0 unspecified atom stereocenters. The number of carbonyl (C=O) groups is 3. The van der Waals surface area contributed by atoms with Gasteiger partial charge in [0.15, 0.2) is 5.78 Å². The topological polar surface area (TPSA) is 78.9 Å². The molecular formula is C18H20O6. The maximum Gasteiger partial charge on any atom is 0.303 e. The molecule has 3 atom stereocenters. The highest BCUT2D eigenvalue weighted by Gasteiger charge is 2.31. The Morgan fingerprint density at radius 3 is 2.38 bits per heavy atom. The maximum absolute atomic E-state index is 12.3. The first-order valence-electron chi connectivity index (χ1n) is 7.68. The van der Waals surface area contributed by atoms with Gasteiger partial charge in [-0.15, -0.1) is 0 Å². The van der Waals surface area contributed by atoms with Crippen molar-refractivity contribution < 1.29 is 28.6 Å². The molecular weight excluding hydrogens is 312 g/mol. The summed E-state index contributed by atoms with van der Waals surface area (Å²) >= 11 is 0. The second-order valence-corrected chi connectivity index (χ2v) is 5.47. The van der Waals surface area contributed by atoms with Crippen LogP contribution in [-0.2, 0) is 23.8 Å². The monoisotopic (exact) mass is 332 g/mol. The van der Waals surface area contributed by atoms with Crippen LogP contribution in [0.3, 0.4) is 0 Å². The van der Waals surface area contributed by atoms with Crippen LogP contribution in [-0.4, -0.2) is 42.6 Å². The van der Waals surface area contributed by atoms with E-state index < -0.39 is 30.3 Å². The average Bonchev–Trinajstić information content (AvgIpc) is 2.55. The van der Waals surface area contributed by atoms with Gasteiger partial charge in [0.25, 0.3) is 0 Å². The minimum Gasteiger partial charge on any atom is -0.463 e. The number of rotatable bonds is 6. The Morgan fingerprint density at radius 1 is 1.04 bits per heavy atom. The molecule has 0 bridgehead atoms. The highest BCUT2D eigenvalue weighted by atomic mass is 16.6. The summed E-state index contributed by atoms with van der Waals surface area (Å²) in [6.45, 7) is 2.53. The van der Waals surface area contributed by atoms with E-state index in [2.05, 4.69) is 0 Å². The van der Waals surface area contributed by atoms with Gasteiger partial charge in [0.2, 0.25) is 0 Å². The molecule has 0 amide bonds. The van der Waals surface area contributed by atoms with Crippen LogP contribution in [0.2, 0.25) is 0 Å². The number of benzene rings is 1. The van der Waals surface area contributed by atoms with Gasteiger partial charge < -0.3 is 14.2 Å². The molecule has 0 fully saturated rings. The van der Waals surface area contributed by atoms with E-state index in [1.807, 2.05) is 6.07 Å². The Bertz CT molecular complexity index is 622. The van der Waals surface area contributed by atoms with E-state index in [0.29, 0.717) is 5.56 Å². The molecule has 0 saturated carbocycles. The van der Waals surface area contributed by atoms with Crippen LogP contribution >= 0.6 is 0 Å². The second-order valence-electron chi connectivity index (χ2n) is 5.47. The Morgan fingerprint density at radius 2 is 1.75 bits per heavy atom. The van der Waals surface area contributed by atoms with Crippen LogP contribution in [0.15, 0.2) is 42.5 Å². The van der Waals surface area contributed by atoms with Crippen molar-refractivity contribution in [3.63, 3.8) is 0 Å². The number of hydrogen-bond acceptors (Lipinski definition) is 6. The maximum atomic E-state index is 12.3. The lowest BCUT2D eigenvalue weighted by Gasteiger charge is -2.31. The van der Waals surface area contributed by atoms with Gasteiger partial charge in [0, 0.05) is 25.8 Å². The number of hydrogen-bond donors (Lipinski definition) is 0. The van der Waals surface area contributed by atoms with Gasteiger partial charge in [0.1, 0.15) is 18.8 Å². The zero-order chi connectivity index (χ0) is 17.5. The van der Waals surface area contributed by atoms with Gasteiger partial charge in [-0.25, -0.2) is 0 Å². The van der Waals surface area contributed by atoms with Crippen LogP contribution < -0.4 is 0 Å². The molecule has 0 spiro atoms. The number of esters is 2. The fourth-order valence-corrected chi connectivity index (χ4v) is 2.39. The first kappa shape index (κ1) is 17.9. The third-order valence-electron chi connectivity index (χ3n) is 3.47. The highest BCUT2D eigenvalue weighted by molar-refractivity contribution is 5.96. The summed E-state index contributed by atoms with van der Waals surface area (Å²) in [5.41, 5.74) is 0.605.